The summed E-state index contributed by atoms with van der Waals surface area (Å²) in [6.45, 7) is 3.98. The average Bonchev–Trinajstić information content (AvgIpc) is 2.49. The summed E-state index contributed by atoms with van der Waals surface area (Å²) in [4.78, 5) is 0.924. The first-order valence-corrected chi connectivity index (χ1v) is 4.84. The Morgan fingerprint density at radius 2 is 2.17 bits per heavy atom. The number of rotatable bonds is 3. The molecular weight excluding hydrogens is 172 g/mol. The van der Waals surface area contributed by atoms with Crippen LogP contribution >= 0.6 is 11.3 Å². The number of hydrogen-bond acceptors (Lipinski definition) is 3. The molecule has 0 aliphatic carbocycles. The summed E-state index contributed by atoms with van der Waals surface area (Å²) in [5, 5.41) is 11.7. The van der Waals surface area contributed by atoms with Crippen molar-refractivity contribution in [1.29, 1.82) is 0 Å². The molecule has 2 nitrogen and oxygen atoms in total. The van der Waals surface area contributed by atoms with Crippen molar-refractivity contribution in [3.63, 3.8) is 0 Å². The van der Waals surface area contributed by atoms with Gasteiger partial charge in [-0.05, 0) is 17.4 Å². The number of thiophene rings is 1. The van der Waals surface area contributed by atoms with Gasteiger partial charge in [0.1, 0.15) is 5.75 Å². The van der Waals surface area contributed by atoms with Gasteiger partial charge in [-0.1, -0.05) is 13.8 Å². The molecular formula is C9H14O2S. The summed E-state index contributed by atoms with van der Waals surface area (Å²) in [6, 6.07) is 1.88. The van der Waals surface area contributed by atoms with Crippen LogP contribution in [0.2, 0.25) is 0 Å². The van der Waals surface area contributed by atoms with Gasteiger partial charge in [0, 0.05) is 0 Å². The van der Waals surface area contributed by atoms with Crippen molar-refractivity contribution >= 4 is 11.3 Å². The van der Waals surface area contributed by atoms with Gasteiger partial charge in [-0.2, -0.15) is 0 Å². The maximum absolute atomic E-state index is 9.73. The van der Waals surface area contributed by atoms with E-state index in [9.17, 15) is 5.11 Å². The summed E-state index contributed by atoms with van der Waals surface area (Å²) in [5.74, 6) is 1.03. The fraction of sp³-hybridized carbons (Fsp3) is 0.556. The lowest BCUT2D eigenvalue weighted by molar-refractivity contribution is 0.127. The minimum atomic E-state index is -0.403. The van der Waals surface area contributed by atoms with Crippen LogP contribution in [0.25, 0.3) is 0 Å². The highest BCUT2D eigenvalue weighted by Crippen LogP contribution is 2.34. The molecule has 0 fully saturated rings. The Balaban J connectivity index is 2.86. The zero-order chi connectivity index (χ0) is 9.14. The molecule has 0 aromatic carbocycles. The minimum absolute atomic E-state index is 0.234. The Bertz CT molecular complexity index is 242. The lowest BCUT2D eigenvalue weighted by Gasteiger charge is -2.13. The third-order valence-electron chi connectivity index (χ3n) is 1.78. The molecule has 68 valence electrons. The van der Waals surface area contributed by atoms with Gasteiger partial charge in [-0.25, -0.2) is 0 Å². The summed E-state index contributed by atoms with van der Waals surface area (Å²) in [5.41, 5.74) is 0. The van der Waals surface area contributed by atoms with E-state index in [0.717, 1.165) is 10.6 Å². The molecule has 0 aliphatic heterocycles. The molecule has 0 radical (unpaired) electrons. The topological polar surface area (TPSA) is 29.5 Å². The van der Waals surface area contributed by atoms with Crippen molar-refractivity contribution in [2.45, 2.75) is 20.0 Å². The van der Waals surface area contributed by atoms with Gasteiger partial charge in [0.25, 0.3) is 0 Å². The highest BCUT2D eigenvalue weighted by Gasteiger charge is 2.17. The highest BCUT2D eigenvalue weighted by atomic mass is 32.1. The van der Waals surface area contributed by atoms with Gasteiger partial charge in [0.15, 0.2) is 0 Å². The lowest BCUT2D eigenvalue weighted by atomic mass is 10.1. The second-order valence-corrected chi connectivity index (χ2v) is 3.99. The number of aliphatic hydroxyl groups is 1. The Labute approximate surface area is 76.8 Å². The standard InChI is InChI=1S/C9H14O2S/c1-6(2)8(10)9-7(11-3)4-5-12-9/h4-6,8,10H,1-3H3. The molecule has 1 atom stereocenters. The number of methoxy groups -OCH3 is 1. The first kappa shape index (κ1) is 9.55. The molecule has 1 heterocycles. The van der Waals surface area contributed by atoms with Crippen molar-refractivity contribution in [2.75, 3.05) is 7.11 Å². The van der Waals surface area contributed by atoms with Gasteiger partial charge in [-0.15, -0.1) is 11.3 Å². The number of hydrogen-bond donors (Lipinski definition) is 1. The van der Waals surface area contributed by atoms with Crippen LogP contribution in [0.5, 0.6) is 5.75 Å². The molecule has 0 spiro atoms. The second kappa shape index (κ2) is 3.92. The maximum atomic E-state index is 9.73. The smallest absolute Gasteiger partial charge is 0.135 e. The van der Waals surface area contributed by atoms with E-state index in [1.165, 1.54) is 11.3 Å². The minimum Gasteiger partial charge on any atom is -0.495 e. The molecule has 1 unspecified atom stereocenters. The summed E-state index contributed by atoms with van der Waals surface area (Å²) in [7, 11) is 1.62. The molecule has 0 aliphatic rings. The summed E-state index contributed by atoms with van der Waals surface area (Å²) < 4.78 is 5.11. The number of ether oxygens (including phenoxy) is 1. The van der Waals surface area contributed by atoms with Crippen LogP contribution in [-0.2, 0) is 0 Å². The van der Waals surface area contributed by atoms with Crippen molar-refractivity contribution in [3.8, 4) is 5.75 Å². The first-order valence-electron chi connectivity index (χ1n) is 3.96. The molecule has 1 N–H and O–H groups in total. The molecule has 1 aromatic rings. The van der Waals surface area contributed by atoms with Gasteiger partial charge >= 0.3 is 0 Å². The van der Waals surface area contributed by atoms with Crippen LogP contribution in [0.1, 0.15) is 24.8 Å². The van der Waals surface area contributed by atoms with Crippen molar-refractivity contribution in [3.05, 3.63) is 16.3 Å². The molecule has 0 amide bonds. The van der Waals surface area contributed by atoms with E-state index in [2.05, 4.69) is 0 Å². The van der Waals surface area contributed by atoms with E-state index in [0.29, 0.717) is 0 Å². The van der Waals surface area contributed by atoms with Crippen LogP contribution in [0.4, 0.5) is 0 Å². The summed E-state index contributed by atoms with van der Waals surface area (Å²) in [6.07, 6.45) is -0.403. The molecule has 3 heteroatoms. The number of aliphatic hydroxyl groups excluding tert-OH is 1. The lowest BCUT2D eigenvalue weighted by Crippen LogP contribution is -2.04. The average molecular weight is 186 g/mol. The van der Waals surface area contributed by atoms with E-state index in [-0.39, 0.29) is 5.92 Å². The Morgan fingerprint density at radius 3 is 2.67 bits per heavy atom. The van der Waals surface area contributed by atoms with E-state index >= 15 is 0 Å². The summed E-state index contributed by atoms with van der Waals surface area (Å²) >= 11 is 1.54. The molecule has 1 rings (SSSR count). The second-order valence-electron chi connectivity index (χ2n) is 3.04. The van der Waals surface area contributed by atoms with E-state index in [1.54, 1.807) is 7.11 Å². The van der Waals surface area contributed by atoms with Crippen molar-refractivity contribution in [1.82, 2.24) is 0 Å². The molecule has 0 saturated carbocycles. The highest BCUT2D eigenvalue weighted by molar-refractivity contribution is 7.10. The molecule has 1 aromatic heterocycles. The predicted molar refractivity (Wildman–Crippen MR) is 50.7 cm³/mol. The third-order valence-corrected chi connectivity index (χ3v) is 2.75. The van der Waals surface area contributed by atoms with E-state index in [1.807, 2.05) is 25.3 Å². The van der Waals surface area contributed by atoms with Crippen LogP contribution in [0, 0.1) is 5.92 Å². The SMILES string of the molecule is COc1ccsc1C(O)C(C)C. The van der Waals surface area contributed by atoms with Gasteiger partial charge in [0.2, 0.25) is 0 Å². The van der Waals surface area contributed by atoms with Crippen LogP contribution in [0.3, 0.4) is 0 Å². The largest absolute Gasteiger partial charge is 0.495 e. The first-order chi connectivity index (χ1) is 5.66. The third kappa shape index (κ3) is 1.79. The zero-order valence-electron chi connectivity index (χ0n) is 7.57. The maximum Gasteiger partial charge on any atom is 0.135 e. The zero-order valence-corrected chi connectivity index (χ0v) is 8.39. The Kier molecular flexibility index (Phi) is 3.12. The van der Waals surface area contributed by atoms with E-state index in [4.69, 9.17) is 4.74 Å². The monoisotopic (exact) mass is 186 g/mol. The van der Waals surface area contributed by atoms with Crippen LogP contribution < -0.4 is 4.74 Å². The molecule has 0 saturated heterocycles. The van der Waals surface area contributed by atoms with E-state index < -0.39 is 6.10 Å². The normalized spacial score (nSPS) is 13.4. The molecule has 0 bridgehead atoms. The quantitative estimate of drug-likeness (QED) is 0.785. The van der Waals surface area contributed by atoms with Crippen LogP contribution in [-0.4, -0.2) is 12.2 Å². The Morgan fingerprint density at radius 1 is 1.50 bits per heavy atom. The Hall–Kier alpha value is -0.540. The molecule has 12 heavy (non-hydrogen) atoms. The van der Waals surface area contributed by atoms with Crippen molar-refractivity contribution in [2.24, 2.45) is 5.92 Å². The van der Waals surface area contributed by atoms with Crippen molar-refractivity contribution < 1.29 is 9.84 Å². The van der Waals surface area contributed by atoms with Crippen LogP contribution in [0.15, 0.2) is 11.4 Å². The predicted octanol–water partition coefficient (Wildman–Crippen LogP) is 2.45. The van der Waals surface area contributed by atoms with Gasteiger partial charge in [0.05, 0.1) is 18.1 Å². The fourth-order valence-corrected chi connectivity index (χ4v) is 2.01. The van der Waals surface area contributed by atoms with Gasteiger partial charge < -0.3 is 9.84 Å². The van der Waals surface area contributed by atoms with Gasteiger partial charge in [-0.3, -0.25) is 0 Å². The fourth-order valence-electron chi connectivity index (χ4n) is 0.996.